The first kappa shape index (κ1) is 14.6. The smallest absolute Gasteiger partial charge is 0.255 e. The van der Waals surface area contributed by atoms with Gasteiger partial charge in [-0.3, -0.25) is 19.3 Å². The van der Waals surface area contributed by atoms with E-state index in [0.717, 1.165) is 16.2 Å². The maximum Gasteiger partial charge on any atom is 0.255 e. The number of likely N-dealkylation sites (tertiary alicyclic amines) is 1. The number of hydrogen-bond donors (Lipinski definition) is 0. The van der Waals surface area contributed by atoms with E-state index in [9.17, 15) is 14.4 Å². The highest BCUT2D eigenvalue weighted by atomic mass is 16.5. The summed E-state index contributed by atoms with van der Waals surface area (Å²) in [5.74, 6) is 0.0730. The Morgan fingerprint density at radius 1 is 1.27 bits per heavy atom. The van der Waals surface area contributed by atoms with Crippen LogP contribution in [-0.2, 0) is 16.1 Å². The molecule has 0 aliphatic carbocycles. The van der Waals surface area contributed by atoms with Crippen LogP contribution < -0.4 is 4.74 Å². The summed E-state index contributed by atoms with van der Waals surface area (Å²) in [6.45, 7) is 2.84. The Bertz CT molecular complexity index is 656. The van der Waals surface area contributed by atoms with E-state index in [-0.39, 0.29) is 24.1 Å². The zero-order valence-electron chi connectivity index (χ0n) is 12.7. The predicted molar refractivity (Wildman–Crippen MR) is 78.3 cm³/mol. The second kappa shape index (κ2) is 5.44. The molecule has 0 radical (unpaired) electrons. The highest BCUT2D eigenvalue weighted by Crippen LogP contribution is 2.30. The molecule has 0 saturated carbocycles. The Kier molecular flexibility index (Phi) is 3.60. The molecule has 1 saturated heterocycles. The first-order chi connectivity index (χ1) is 10.5. The van der Waals surface area contributed by atoms with Gasteiger partial charge in [-0.25, -0.2) is 0 Å². The fourth-order valence-corrected chi connectivity index (χ4v) is 3.01. The van der Waals surface area contributed by atoms with E-state index >= 15 is 0 Å². The molecule has 3 amide bonds. The van der Waals surface area contributed by atoms with Crippen molar-refractivity contribution in [3.63, 3.8) is 0 Å². The molecule has 2 aliphatic rings. The van der Waals surface area contributed by atoms with Crippen LogP contribution in [0.25, 0.3) is 0 Å². The van der Waals surface area contributed by atoms with Crippen molar-refractivity contribution < 1.29 is 19.1 Å². The number of carbonyl (C=O) groups excluding carboxylic acids is 3. The van der Waals surface area contributed by atoms with Gasteiger partial charge in [-0.1, -0.05) is 0 Å². The SMILES string of the molecule is CCOc1ccc2c(c1)CN(C1CCC(=O)N(C)C1=O)C2=O. The van der Waals surface area contributed by atoms with Crippen LogP contribution in [0.1, 0.15) is 35.7 Å². The summed E-state index contributed by atoms with van der Waals surface area (Å²) in [5.41, 5.74) is 1.47. The Balaban J connectivity index is 1.84. The highest BCUT2D eigenvalue weighted by Gasteiger charge is 2.41. The van der Waals surface area contributed by atoms with Gasteiger partial charge in [0.25, 0.3) is 11.8 Å². The van der Waals surface area contributed by atoms with Crippen molar-refractivity contribution in [3.05, 3.63) is 29.3 Å². The van der Waals surface area contributed by atoms with Crippen LogP contribution in [-0.4, -0.2) is 47.2 Å². The standard InChI is InChI=1S/C16H18N2O4/c1-3-22-11-4-5-12-10(8-11)9-18(15(12)20)13-6-7-14(19)17(2)16(13)21/h4-5,8,13H,3,6-7,9H2,1-2H3. The van der Waals surface area contributed by atoms with Crippen LogP contribution in [0, 0.1) is 0 Å². The molecule has 22 heavy (non-hydrogen) atoms. The van der Waals surface area contributed by atoms with E-state index in [1.54, 1.807) is 17.0 Å². The minimum atomic E-state index is -0.557. The zero-order valence-corrected chi connectivity index (χ0v) is 12.7. The molecule has 6 nitrogen and oxygen atoms in total. The lowest BCUT2D eigenvalue weighted by molar-refractivity contribution is -0.150. The molecule has 1 atom stereocenters. The van der Waals surface area contributed by atoms with Gasteiger partial charge >= 0.3 is 0 Å². The number of carbonyl (C=O) groups is 3. The van der Waals surface area contributed by atoms with Gasteiger partial charge in [0.1, 0.15) is 11.8 Å². The Morgan fingerprint density at radius 2 is 2.05 bits per heavy atom. The molecular weight excluding hydrogens is 284 g/mol. The third-order valence-corrected chi connectivity index (χ3v) is 4.22. The molecule has 6 heteroatoms. The number of rotatable bonds is 3. The molecule has 0 N–H and O–H groups in total. The normalized spacial score (nSPS) is 21.4. The molecule has 116 valence electrons. The molecule has 2 heterocycles. The lowest BCUT2D eigenvalue weighted by atomic mass is 10.0. The van der Waals surface area contributed by atoms with Crippen LogP contribution in [0.15, 0.2) is 18.2 Å². The molecular formula is C16H18N2O4. The summed E-state index contributed by atoms with van der Waals surface area (Å²) in [7, 11) is 1.47. The van der Waals surface area contributed by atoms with Crippen molar-refractivity contribution in [2.24, 2.45) is 0 Å². The van der Waals surface area contributed by atoms with E-state index in [1.165, 1.54) is 7.05 Å². The molecule has 2 aliphatic heterocycles. The van der Waals surface area contributed by atoms with Gasteiger partial charge in [0.05, 0.1) is 6.61 Å². The molecule has 1 unspecified atom stereocenters. The van der Waals surface area contributed by atoms with Gasteiger partial charge in [0.2, 0.25) is 5.91 Å². The van der Waals surface area contributed by atoms with Crippen molar-refractivity contribution >= 4 is 17.7 Å². The second-order valence-electron chi connectivity index (χ2n) is 5.53. The number of likely N-dealkylation sites (N-methyl/N-ethyl adjacent to an activating group) is 1. The van der Waals surface area contributed by atoms with Crippen molar-refractivity contribution in [2.45, 2.75) is 32.4 Å². The van der Waals surface area contributed by atoms with Crippen LogP contribution in [0.5, 0.6) is 5.75 Å². The topological polar surface area (TPSA) is 66.9 Å². The quantitative estimate of drug-likeness (QED) is 0.787. The van der Waals surface area contributed by atoms with Crippen LogP contribution in [0.3, 0.4) is 0 Å². The maximum absolute atomic E-state index is 12.5. The third kappa shape index (κ3) is 2.24. The molecule has 1 fully saturated rings. The molecule has 0 spiro atoms. The zero-order chi connectivity index (χ0) is 15.9. The monoisotopic (exact) mass is 302 g/mol. The highest BCUT2D eigenvalue weighted by molar-refractivity contribution is 6.05. The van der Waals surface area contributed by atoms with Gasteiger partial charge in [-0.15, -0.1) is 0 Å². The van der Waals surface area contributed by atoms with Gasteiger partial charge < -0.3 is 9.64 Å². The summed E-state index contributed by atoms with van der Waals surface area (Å²) in [5, 5.41) is 0. The van der Waals surface area contributed by atoms with Crippen LogP contribution in [0.4, 0.5) is 0 Å². The summed E-state index contributed by atoms with van der Waals surface area (Å²) in [6, 6.07) is 4.80. The first-order valence-corrected chi connectivity index (χ1v) is 7.40. The van der Waals surface area contributed by atoms with Gasteiger partial charge in [-0.2, -0.15) is 0 Å². The lowest BCUT2D eigenvalue weighted by Crippen LogP contribution is -2.53. The lowest BCUT2D eigenvalue weighted by Gasteiger charge is -2.33. The summed E-state index contributed by atoms with van der Waals surface area (Å²) < 4.78 is 5.45. The molecule has 3 rings (SSSR count). The number of benzene rings is 1. The first-order valence-electron chi connectivity index (χ1n) is 7.40. The van der Waals surface area contributed by atoms with Gasteiger partial charge in [-0.05, 0) is 37.1 Å². The predicted octanol–water partition coefficient (Wildman–Crippen LogP) is 1.19. The second-order valence-corrected chi connectivity index (χ2v) is 5.53. The largest absolute Gasteiger partial charge is 0.494 e. The third-order valence-electron chi connectivity index (χ3n) is 4.22. The maximum atomic E-state index is 12.5. The van der Waals surface area contributed by atoms with Crippen molar-refractivity contribution in [1.29, 1.82) is 0 Å². The Morgan fingerprint density at radius 3 is 2.77 bits per heavy atom. The van der Waals surface area contributed by atoms with Crippen molar-refractivity contribution in [1.82, 2.24) is 9.80 Å². The molecule has 0 bridgehead atoms. The number of nitrogens with zero attached hydrogens (tertiary/aromatic N) is 2. The van der Waals surface area contributed by atoms with E-state index in [4.69, 9.17) is 4.74 Å². The molecule has 1 aromatic carbocycles. The van der Waals surface area contributed by atoms with Crippen molar-refractivity contribution in [3.8, 4) is 5.75 Å². The molecule has 0 aromatic heterocycles. The number of imide groups is 1. The fraction of sp³-hybridized carbons (Fsp3) is 0.438. The number of ether oxygens (including phenoxy) is 1. The van der Waals surface area contributed by atoms with E-state index in [1.807, 2.05) is 13.0 Å². The van der Waals surface area contributed by atoms with Gasteiger partial charge in [0, 0.05) is 25.6 Å². The van der Waals surface area contributed by atoms with Crippen molar-refractivity contribution in [2.75, 3.05) is 13.7 Å². The number of fused-ring (bicyclic) bond motifs is 1. The average molecular weight is 302 g/mol. The Hall–Kier alpha value is -2.37. The minimum absolute atomic E-state index is 0.154. The molecule has 1 aromatic rings. The van der Waals surface area contributed by atoms with E-state index in [0.29, 0.717) is 25.1 Å². The van der Waals surface area contributed by atoms with E-state index < -0.39 is 6.04 Å². The summed E-state index contributed by atoms with van der Waals surface area (Å²) in [4.78, 5) is 39.1. The number of piperidine rings is 1. The number of hydrogen-bond acceptors (Lipinski definition) is 4. The minimum Gasteiger partial charge on any atom is -0.494 e. The van der Waals surface area contributed by atoms with Gasteiger partial charge in [0.15, 0.2) is 0 Å². The Labute approximate surface area is 128 Å². The summed E-state index contributed by atoms with van der Waals surface area (Å²) >= 11 is 0. The average Bonchev–Trinajstić information content (AvgIpc) is 2.82. The van der Waals surface area contributed by atoms with Crippen LogP contribution >= 0.6 is 0 Å². The summed E-state index contributed by atoms with van der Waals surface area (Å²) in [6.07, 6.45) is 0.678. The van der Waals surface area contributed by atoms with Crippen LogP contribution in [0.2, 0.25) is 0 Å². The number of amides is 3. The van der Waals surface area contributed by atoms with E-state index in [2.05, 4.69) is 0 Å². The fourth-order valence-electron chi connectivity index (χ4n) is 3.01.